The summed E-state index contributed by atoms with van der Waals surface area (Å²) < 4.78 is 4.93. The monoisotopic (exact) mass is 275 g/mol. The van der Waals surface area contributed by atoms with Crippen LogP contribution in [0.3, 0.4) is 0 Å². The maximum absolute atomic E-state index is 11.4. The molecule has 0 spiro atoms. The minimum atomic E-state index is -0.218. The molecule has 0 unspecified atom stereocenters. The van der Waals surface area contributed by atoms with Crippen LogP contribution in [0.15, 0.2) is 23.6 Å². The van der Waals surface area contributed by atoms with Crippen molar-refractivity contribution in [3.8, 4) is 11.3 Å². The third-order valence-corrected chi connectivity index (χ3v) is 3.67. The Hall–Kier alpha value is -1.68. The van der Waals surface area contributed by atoms with Gasteiger partial charge in [0.15, 0.2) is 0 Å². The Bertz CT molecular complexity index is 590. The van der Waals surface area contributed by atoms with Gasteiger partial charge >= 0.3 is 5.97 Å². The molecular formula is C15H17NO2S. The predicted molar refractivity (Wildman–Crippen MR) is 77.4 cm³/mol. The van der Waals surface area contributed by atoms with Crippen LogP contribution in [0.4, 0.5) is 0 Å². The Labute approximate surface area is 117 Å². The molecule has 100 valence electrons. The number of ether oxygens (including phenoxy) is 1. The SMILES string of the molecule is CCOC(=O)Cc1nc(-c2cc(C)ccc2C)cs1. The Morgan fingerprint density at radius 2 is 2.16 bits per heavy atom. The van der Waals surface area contributed by atoms with E-state index in [-0.39, 0.29) is 12.4 Å². The second-order valence-electron chi connectivity index (χ2n) is 4.43. The summed E-state index contributed by atoms with van der Waals surface area (Å²) in [4.78, 5) is 15.9. The van der Waals surface area contributed by atoms with E-state index in [1.54, 1.807) is 6.92 Å². The van der Waals surface area contributed by atoms with Gasteiger partial charge in [0.25, 0.3) is 0 Å². The van der Waals surface area contributed by atoms with Crippen LogP contribution in [0.25, 0.3) is 11.3 Å². The van der Waals surface area contributed by atoms with Gasteiger partial charge in [-0.2, -0.15) is 0 Å². The molecule has 2 rings (SSSR count). The third kappa shape index (κ3) is 3.41. The number of esters is 1. The summed E-state index contributed by atoms with van der Waals surface area (Å²) in [7, 11) is 0. The molecule has 19 heavy (non-hydrogen) atoms. The molecule has 1 aromatic carbocycles. The summed E-state index contributed by atoms with van der Waals surface area (Å²) in [5.74, 6) is -0.218. The Kier molecular flexibility index (Phi) is 4.32. The van der Waals surface area contributed by atoms with Crippen molar-refractivity contribution in [1.82, 2.24) is 4.98 Å². The molecule has 1 heterocycles. The normalized spacial score (nSPS) is 10.5. The van der Waals surface area contributed by atoms with E-state index in [9.17, 15) is 4.79 Å². The summed E-state index contributed by atoms with van der Waals surface area (Å²) >= 11 is 1.50. The zero-order valence-corrected chi connectivity index (χ0v) is 12.2. The smallest absolute Gasteiger partial charge is 0.312 e. The largest absolute Gasteiger partial charge is 0.466 e. The van der Waals surface area contributed by atoms with E-state index in [2.05, 4.69) is 37.0 Å². The van der Waals surface area contributed by atoms with Gasteiger partial charge < -0.3 is 4.74 Å². The molecule has 0 fully saturated rings. The van der Waals surface area contributed by atoms with Crippen LogP contribution >= 0.6 is 11.3 Å². The molecule has 0 saturated heterocycles. The van der Waals surface area contributed by atoms with Gasteiger partial charge in [-0.05, 0) is 32.4 Å². The van der Waals surface area contributed by atoms with Crippen LogP contribution in [0.1, 0.15) is 23.1 Å². The lowest BCUT2D eigenvalue weighted by molar-refractivity contribution is -0.142. The molecule has 1 aromatic heterocycles. The number of carbonyl (C=O) groups excluding carboxylic acids is 1. The second-order valence-corrected chi connectivity index (χ2v) is 5.37. The van der Waals surface area contributed by atoms with E-state index in [0.717, 1.165) is 16.3 Å². The minimum Gasteiger partial charge on any atom is -0.466 e. The molecule has 0 saturated carbocycles. The number of nitrogens with zero attached hydrogens (tertiary/aromatic N) is 1. The fourth-order valence-corrected chi connectivity index (χ4v) is 2.64. The lowest BCUT2D eigenvalue weighted by Crippen LogP contribution is -2.07. The summed E-state index contributed by atoms with van der Waals surface area (Å²) in [5, 5.41) is 2.80. The molecule has 4 heteroatoms. The van der Waals surface area contributed by atoms with Crippen molar-refractivity contribution in [1.29, 1.82) is 0 Å². The molecule has 0 N–H and O–H groups in total. The number of hydrogen-bond donors (Lipinski definition) is 0. The number of hydrogen-bond acceptors (Lipinski definition) is 4. The molecule has 3 nitrogen and oxygen atoms in total. The molecule has 2 aromatic rings. The molecule has 0 aliphatic heterocycles. The second kappa shape index (κ2) is 5.97. The van der Waals surface area contributed by atoms with Crippen LogP contribution in [0, 0.1) is 13.8 Å². The Morgan fingerprint density at radius 1 is 1.37 bits per heavy atom. The maximum Gasteiger partial charge on any atom is 0.312 e. The van der Waals surface area contributed by atoms with E-state index in [0.29, 0.717) is 6.61 Å². The molecule has 0 aliphatic carbocycles. The van der Waals surface area contributed by atoms with E-state index in [1.165, 1.54) is 22.5 Å². The van der Waals surface area contributed by atoms with E-state index < -0.39 is 0 Å². The zero-order valence-electron chi connectivity index (χ0n) is 11.4. The lowest BCUT2D eigenvalue weighted by Gasteiger charge is -2.03. The van der Waals surface area contributed by atoms with Crippen LogP contribution in [0.2, 0.25) is 0 Å². The van der Waals surface area contributed by atoms with Crippen LogP contribution in [-0.2, 0) is 16.0 Å². The average molecular weight is 275 g/mol. The number of carbonyl (C=O) groups is 1. The van der Waals surface area contributed by atoms with Crippen molar-refractivity contribution in [2.75, 3.05) is 6.61 Å². The summed E-state index contributed by atoms with van der Waals surface area (Å²) in [6.45, 7) is 6.35. The van der Waals surface area contributed by atoms with Crippen LogP contribution < -0.4 is 0 Å². The van der Waals surface area contributed by atoms with E-state index in [1.807, 2.05) is 5.38 Å². The van der Waals surface area contributed by atoms with Crippen molar-refractivity contribution >= 4 is 17.3 Å². The third-order valence-electron chi connectivity index (χ3n) is 2.82. The molecule has 0 atom stereocenters. The summed E-state index contributed by atoms with van der Waals surface area (Å²) in [6, 6.07) is 6.30. The first-order valence-corrected chi connectivity index (χ1v) is 7.15. The highest BCUT2D eigenvalue weighted by molar-refractivity contribution is 7.10. The first-order chi connectivity index (χ1) is 9.10. The fraction of sp³-hybridized carbons (Fsp3) is 0.333. The van der Waals surface area contributed by atoms with E-state index in [4.69, 9.17) is 4.74 Å². The molecule has 0 bridgehead atoms. The molecule has 0 amide bonds. The first kappa shape index (κ1) is 13.7. The van der Waals surface area contributed by atoms with Crippen molar-refractivity contribution in [2.24, 2.45) is 0 Å². The summed E-state index contributed by atoms with van der Waals surface area (Å²) in [5.41, 5.74) is 4.47. The molecule has 0 radical (unpaired) electrons. The van der Waals surface area contributed by atoms with Crippen molar-refractivity contribution in [2.45, 2.75) is 27.2 Å². The number of thiazole rings is 1. The van der Waals surface area contributed by atoms with Gasteiger partial charge in [-0.25, -0.2) is 4.98 Å². The first-order valence-electron chi connectivity index (χ1n) is 6.27. The Morgan fingerprint density at radius 3 is 2.89 bits per heavy atom. The van der Waals surface area contributed by atoms with Gasteiger partial charge in [0.05, 0.1) is 18.7 Å². The quantitative estimate of drug-likeness (QED) is 0.801. The van der Waals surface area contributed by atoms with Gasteiger partial charge in [-0.3, -0.25) is 4.79 Å². The van der Waals surface area contributed by atoms with Gasteiger partial charge in [-0.1, -0.05) is 17.7 Å². The van der Waals surface area contributed by atoms with Gasteiger partial charge in [0.1, 0.15) is 5.01 Å². The zero-order chi connectivity index (χ0) is 13.8. The molecule has 0 aliphatic rings. The predicted octanol–water partition coefficient (Wildman–Crippen LogP) is 3.53. The lowest BCUT2D eigenvalue weighted by atomic mass is 10.0. The number of aryl methyl sites for hydroxylation is 2. The number of rotatable bonds is 4. The van der Waals surface area contributed by atoms with Crippen molar-refractivity contribution in [3.63, 3.8) is 0 Å². The average Bonchev–Trinajstić information content (AvgIpc) is 2.81. The van der Waals surface area contributed by atoms with Gasteiger partial charge in [0.2, 0.25) is 0 Å². The highest BCUT2D eigenvalue weighted by atomic mass is 32.1. The highest BCUT2D eigenvalue weighted by Gasteiger charge is 2.11. The maximum atomic E-state index is 11.4. The van der Waals surface area contributed by atoms with Gasteiger partial charge in [-0.15, -0.1) is 11.3 Å². The van der Waals surface area contributed by atoms with Crippen molar-refractivity contribution in [3.05, 3.63) is 39.7 Å². The van der Waals surface area contributed by atoms with Crippen molar-refractivity contribution < 1.29 is 9.53 Å². The summed E-state index contributed by atoms with van der Waals surface area (Å²) in [6.07, 6.45) is 0.253. The standard InChI is InChI=1S/C15H17NO2S/c1-4-18-15(17)8-14-16-13(9-19-14)12-7-10(2)5-6-11(12)3/h5-7,9H,4,8H2,1-3H3. The minimum absolute atomic E-state index is 0.218. The fourth-order valence-electron chi connectivity index (χ4n) is 1.86. The molecular weight excluding hydrogens is 258 g/mol. The van der Waals surface area contributed by atoms with Gasteiger partial charge in [0, 0.05) is 10.9 Å². The topological polar surface area (TPSA) is 39.2 Å². The number of benzene rings is 1. The van der Waals surface area contributed by atoms with Crippen LogP contribution in [0.5, 0.6) is 0 Å². The Balaban J connectivity index is 2.21. The highest BCUT2D eigenvalue weighted by Crippen LogP contribution is 2.26. The van der Waals surface area contributed by atoms with Crippen LogP contribution in [-0.4, -0.2) is 17.6 Å². The number of aromatic nitrogens is 1. The van der Waals surface area contributed by atoms with E-state index >= 15 is 0 Å².